The number of aromatic carboxylic acids is 2. The van der Waals surface area contributed by atoms with E-state index in [1.807, 2.05) is 0 Å². The van der Waals surface area contributed by atoms with E-state index in [2.05, 4.69) is 10.6 Å². The number of hydrogen-bond acceptors (Lipinski definition) is 4. The van der Waals surface area contributed by atoms with Crippen LogP contribution in [0, 0.1) is 0 Å². The van der Waals surface area contributed by atoms with Crippen LogP contribution in [0.1, 0.15) is 26.3 Å². The molecule has 1 aliphatic rings. The summed E-state index contributed by atoms with van der Waals surface area (Å²) in [5.74, 6) is -2.93. The van der Waals surface area contributed by atoms with Gasteiger partial charge in [-0.25, -0.2) is 9.59 Å². The Balaban J connectivity index is 1.92. The summed E-state index contributed by atoms with van der Waals surface area (Å²) in [6.45, 7) is 0. The molecule has 0 unspecified atom stereocenters. The molecule has 2 aromatic rings. The summed E-state index contributed by atoms with van der Waals surface area (Å²) < 4.78 is 0. The van der Waals surface area contributed by atoms with Crippen LogP contribution in [0.3, 0.4) is 0 Å². The Morgan fingerprint density at radius 3 is 2.42 bits per heavy atom. The molecule has 0 saturated carbocycles. The average Bonchev–Trinajstić information content (AvgIpc) is 2.87. The summed E-state index contributed by atoms with van der Waals surface area (Å²) in [6.07, 6.45) is 1.46. The van der Waals surface area contributed by atoms with Crippen LogP contribution in [0.15, 0.2) is 48.7 Å². The van der Waals surface area contributed by atoms with Crippen LogP contribution in [-0.4, -0.2) is 28.1 Å². The van der Waals surface area contributed by atoms with Gasteiger partial charge in [-0.2, -0.15) is 0 Å². The van der Waals surface area contributed by atoms with Gasteiger partial charge in [-0.3, -0.25) is 4.79 Å². The number of para-hydroxylation sites is 1. The molecule has 2 aromatic carbocycles. The molecule has 0 spiro atoms. The normalized spacial score (nSPS) is 14.2. The van der Waals surface area contributed by atoms with Crippen molar-refractivity contribution in [2.75, 3.05) is 10.6 Å². The van der Waals surface area contributed by atoms with Crippen LogP contribution in [-0.2, 0) is 4.79 Å². The van der Waals surface area contributed by atoms with E-state index in [0.717, 1.165) is 5.56 Å². The minimum atomic E-state index is -1.34. The predicted molar refractivity (Wildman–Crippen MR) is 87.0 cm³/mol. The summed E-state index contributed by atoms with van der Waals surface area (Å²) in [6, 6.07) is 11.0. The Bertz CT molecular complexity index is 902. The van der Waals surface area contributed by atoms with Crippen LogP contribution in [0.5, 0.6) is 0 Å². The highest BCUT2D eigenvalue weighted by Crippen LogP contribution is 2.31. The van der Waals surface area contributed by atoms with Crippen molar-refractivity contribution in [2.24, 2.45) is 0 Å². The number of amides is 1. The fourth-order valence-electron chi connectivity index (χ4n) is 2.44. The highest BCUT2D eigenvalue weighted by molar-refractivity contribution is 6.31. The second-order valence-electron chi connectivity index (χ2n) is 5.07. The monoisotopic (exact) mass is 324 g/mol. The lowest BCUT2D eigenvalue weighted by atomic mass is 10.1. The smallest absolute Gasteiger partial charge is 0.336 e. The van der Waals surface area contributed by atoms with Gasteiger partial charge in [-0.15, -0.1) is 0 Å². The highest BCUT2D eigenvalue weighted by atomic mass is 16.4. The molecule has 0 saturated heterocycles. The maximum Gasteiger partial charge on any atom is 0.336 e. The van der Waals surface area contributed by atoms with Gasteiger partial charge >= 0.3 is 11.9 Å². The zero-order valence-corrected chi connectivity index (χ0v) is 12.2. The van der Waals surface area contributed by atoms with E-state index in [0.29, 0.717) is 16.9 Å². The predicted octanol–water partition coefficient (Wildman–Crippen LogP) is 2.49. The molecule has 0 aliphatic carbocycles. The van der Waals surface area contributed by atoms with Crippen molar-refractivity contribution < 1.29 is 24.6 Å². The molecule has 120 valence electrons. The van der Waals surface area contributed by atoms with Gasteiger partial charge in [0, 0.05) is 23.1 Å². The lowest BCUT2D eigenvalue weighted by Gasteiger charge is -2.06. The Morgan fingerprint density at radius 1 is 1.00 bits per heavy atom. The minimum absolute atomic E-state index is 0.274. The average molecular weight is 324 g/mol. The molecule has 1 aliphatic heterocycles. The van der Waals surface area contributed by atoms with Gasteiger partial charge in [0.05, 0.1) is 16.7 Å². The number of carbonyl (C=O) groups excluding carboxylic acids is 1. The van der Waals surface area contributed by atoms with E-state index in [4.69, 9.17) is 10.2 Å². The third-order valence-electron chi connectivity index (χ3n) is 3.57. The number of carbonyl (C=O) groups is 3. The van der Waals surface area contributed by atoms with Crippen LogP contribution in [0.2, 0.25) is 0 Å². The first kappa shape index (κ1) is 15.3. The van der Waals surface area contributed by atoms with Crippen LogP contribution in [0.4, 0.5) is 11.4 Å². The van der Waals surface area contributed by atoms with Gasteiger partial charge in [-0.05, 0) is 24.3 Å². The first-order valence-electron chi connectivity index (χ1n) is 6.95. The lowest BCUT2D eigenvalue weighted by molar-refractivity contribution is -0.110. The molecule has 0 fully saturated rings. The number of anilines is 2. The number of carboxylic acid groups (broad SMARTS) is 2. The molecule has 24 heavy (non-hydrogen) atoms. The second kappa shape index (κ2) is 5.88. The molecule has 1 heterocycles. The number of benzene rings is 2. The molecule has 0 bridgehead atoms. The number of nitrogens with one attached hydrogen (secondary N) is 2. The summed E-state index contributed by atoms with van der Waals surface area (Å²) in [7, 11) is 0. The van der Waals surface area contributed by atoms with Gasteiger partial charge in [0.25, 0.3) is 5.91 Å². The second-order valence-corrected chi connectivity index (χ2v) is 5.07. The van der Waals surface area contributed by atoms with Crippen LogP contribution in [0.25, 0.3) is 5.57 Å². The minimum Gasteiger partial charge on any atom is -0.478 e. The number of carboxylic acids is 2. The van der Waals surface area contributed by atoms with Crippen LogP contribution >= 0.6 is 0 Å². The van der Waals surface area contributed by atoms with E-state index in [-0.39, 0.29) is 17.0 Å². The quantitative estimate of drug-likeness (QED) is 0.642. The Morgan fingerprint density at radius 2 is 1.71 bits per heavy atom. The molecular weight excluding hydrogens is 312 g/mol. The molecule has 0 radical (unpaired) electrons. The van der Waals surface area contributed by atoms with Gasteiger partial charge < -0.3 is 20.8 Å². The standard InChI is InChI=1S/C17H12N2O5/c20-15-13(10-3-1-2-4-14(10)19-15)8-18-9-5-6-11(16(21)22)12(7-9)17(23)24/h1-8,18H,(H,19,20)(H,21,22)(H,23,24)/b13-8-. The maximum absolute atomic E-state index is 12.0. The molecule has 0 atom stereocenters. The van der Waals surface area contributed by atoms with E-state index < -0.39 is 11.9 Å². The molecular formula is C17H12N2O5. The topological polar surface area (TPSA) is 116 Å². The maximum atomic E-state index is 12.0. The van der Waals surface area contributed by atoms with E-state index in [1.54, 1.807) is 24.3 Å². The first-order chi connectivity index (χ1) is 11.5. The fraction of sp³-hybridized carbons (Fsp3) is 0. The summed E-state index contributed by atoms with van der Waals surface area (Å²) in [4.78, 5) is 34.2. The van der Waals surface area contributed by atoms with E-state index in [1.165, 1.54) is 24.4 Å². The van der Waals surface area contributed by atoms with Crippen molar-refractivity contribution in [3.05, 3.63) is 65.4 Å². The first-order valence-corrected chi connectivity index (χ1v) is 6.95. The summed E-state index contributed by atoms with van der Waals surface area (Å²) in [5, 5.41) is 23.7. The number of hydrogen-bond donors (Lipinski definition) is 4. The third-order valence-corrected chi connectivity index (χ3v) is 3.57. The van der Waals surface area contributed by atoms with Gasteiger partial charge in [0.2, 0.25) is 0 Å². The largest absolute Gasteiger partial charge is 0.478 e. The highest BCUT2D eigenvalue weighted by Gasteiger charge is 2.23. The Hall–Kier alpha value is -3.61. The van der Waals surface area contributed by atoms with Crippen molar-refractivity contribution >= 4 is 34.8 Å². The van der Waals surface area contributed by atoms with Crippen molar-refractivity contribution in [3.63, 3.8) is 0 Å². The van der Waals surface area contributed by atoms with Crippen molar-refractivity contribution in [3.8, 4) is 0 Å². The zero-order valence-electron chi connectivity index (χ0n) is 12.2. The number of rotatable bonds is 4. The van der Waals surface area contributed by atoms with Crippen molar-refractivity contribution in [2.45, 2.75) is 0 Å². The third kappa shape index (κ3) is 2.70. The molecule has 0 aromatic heterocycles. The number of fused-ring (bicyclic) bond motifs is 1. The van der Waals surface area contributed by atoms with Crippen molar-refractivity contribution in [1.29, 1.82) is 0 Å². The van der Waals surface area contributed by atoms with Gasteiger partial charge in [0.1, 0.15) is 0 Å². The summed E-state index contributed by atoms with van der Waals surface area (Å²) in [5.41, 5.74) is 1.57. The van der Waals surface area contributed by atoms with E-state index in [9.17, 15) is 14.4 Å². The van der Waals surface area contributed by atoms with Crippen molar-refractivity contribution in [1.82, 2.24) is 0 Å². The van der Waals surface area contributed by atoms with Gasteiger partial charge in [-0.1, -0.05) is 18.2 Å². The van der Waals surface area contributed by atoms with Crippen LogP contribution < -0.4 is 10.6 Å². The van der Waals surface area contributed by atoms with E-state index >= 15 is 0 Å². The molecule has 4 N–H and O–H groups in total. The fourth-order valence-corrected chi connectivity index (χ4v) is 2.44. The Labute approximate surface area is 136 Å². The zero-order chi connectivity index (χ0) is 17.3. The molecule has 1 amide bonds. The summed E-state index contributed by atoms with van der Waals surface area (Å²) >= 11 is 0. The SMILES string of the molecule is O=C1Nc2ccccc2/C1=C/Nc1ccc(C(=O)O)c(C(=O)O)c1. The molecule has 7 heteroatoms. The molecule has 7 nitrogen and oxygen atoms in total. The lowest BCUT2D eigenvalue weighted by Crippen LogP contribution is -2.09. The molecule has 3 rings (SSSR count). The van der Waals surface area contributed by atoms with Gasteiger partial charge in [0.15, 0.2) is 0 Å². The Kier molecular flexibility index (Phi) is 3.75.